The Kier molecular flexibility index (Phi) is 3.27. The summed E-state index contributed by atoms with van der Waals surface area (Å²) in [4.78, 5) is 14.4. The number of fused-ring (bicyclic) bond motifs is 1. The van der Waals surface area contributed by atoms with E-state index in [0.717, 1.165) is 28.5 Å². The van der Waals surface area contributed by atoms with Gasteiger partial charge >= 0.3 is 0 Å². The maximum atomic E-state index is 4.59. The fourth-order valence-corrected chi connectivity index (χ4v) is 2.71. The number of nitrogens with zero attached hydrogens (tertiary/aromatic N) is 4. The molecular weight excluding hydrogens is 258 g/mol. The third-order valence-electron chi connectivity index (χ3n) is 3.02. The van der Waals surface area contributed by atoms with Crippen LogP contribution in [-0.2, 0) is 6.42 Å². The number of aryl methyl sites for hydroxylation is 1. The van der Waals surface area contributed by atoms with Gasteiger partial charge in [0.05, 0.1) is 11.7 Å². The zero-order chi connectivity index (χ0) is 13.2. The Labute approximate surface area is 115 Å². The van der Waals surface area contributed by atoms with E-state index in [9.17, 15) is 0 Å². The summed E-state index contributed by atoms with van der Waals surface area (Å²) in [5.41, 5.74) is 2.12. The molecule has 3 aromatic heterocycles. The average molecular weight is 273 g/mol. The molecule has 0 aliphatic carbocycles. The summed E-state index contributed by atoms with van der Waals surface area (Å²) in [5.74, 6) is 0.810. The van der Waals surface area contributed by atoms with Crippen LogP contribution in [0, 0.1) is 6.92 Å². The Morgan fingerprint density at radius 3 is 2.84 bits per heavy atom. The molecule has 0 bridgehead atoms. The van der Waals surface area contributed by atoms with Crippen molar-refractivity contribution in [3.63, 3.8) is 0 Å². The molecule has 0 aliphatic heterocycles. The number of nitrogens with one attached hydrogen (secondary N) is 1. The zero-order valence-electron chi connectivity index (χ0n) is 10.9. The van der Waals surface area contributed by atoms with E-state index >= 15 is 0 Å². The van der Waals surface area contributed by atoms with Crippen molar-refractivity contribution < 1.29 is 0 Å². The standard InChI is InChI=1S/C13H15N5S/c1-9-6-15-12(16-7-9)11(14-2)5-10-8-18-3-4-19-13(18)17-10/h3-4,6-8,11,14H,5H2,1-2H3. The van der Waals surface area contributed by atoms with Crippen molar-refractivity contribution in [3.8, 4) is 0 Å². The van der Waals surface area contributed by atoms with Gasteiger partial charge < -0.3 is 5.32 Å². The first kappa shape index (κ1) is 12.3. The Hall–Kier alpha value is -1.79. The zero-order valence-corrected chi connectivity index (χ0v) is 11.7. The molecule has 0 spiro atoms. The fraction of sp³-hybridized carbons (Fsp3) is 0.308. The molecule has 3 aromatic rings. The van der Waals surface area contributed by atoms with Crippen molar-refractivity contribution >= 4 is 16.3 Å². The Balaban J connectivity index is 1.83. The van der Waals surface area contributed by atoms with Crippen molar-refractivity contribution in [2.45, 2.75) is 19.4 Å². The first-order valence-corrected chi connectivity index (χ1v) is 7.01. The van der Waals surface area contributed by atoms with Gasteiger partial charge in [0.25, 0.3) is 0 Å². The van der Waals surface area contributed by atoms with Crippen LogP contribution in [0.3, 0.4) is 0 Å². The van der Waals surface area contributed by atoms with Crippen molar-refractivity contribution in [3.05, 3.63) is 47.2 Å². The van der Waals surface area contributed by atoms with Crippen molar-refractivity contribution in [2.75, 3.05) is 7.05 Å². The highest BCUT2D eigenvalue weighted by molar-refractivity contribution is 7.15. The molecule has 0 aromatic carbocycles. The Bertz CT molecular complexity index is 641. The van der Waals surface area contributed by atoms with Crippen LogP contribution in [0.2, 0.25) is 0 Å². The van der Waals surface area contributed by atoms with Crippen LogP contribution in [0.25, 0.3) is 4.96 Å². The van der Waals surface area contributed by atoms with E-state index < -0.39 is 0 Å². The molecule has 0 saturated heterocycles. The number of hydrogen-bond donors (Lipinski definition) is 1. The predicted molar refractivity (Wildman–Crippen MR) is 75.3 cm³/mol. The average Bonchev–Trinajstić information content (AvgIpc) is 2.98. The molecule has 1 N–H and O–H groups in total. The van der Waals surface area contributed by atoms with Crippen LogP contribution < -0.4 is 5.32 Å². The van der Waals surface area contributed by atoms with Crippen molar-refractivity contribution in [1.29, 1.82) is 0 Å². The smallest absolute Gasteiger partial charge is 0.193 e. The molecule has 0 fully saturated rings. The largest absolute Gasteiger partial charge is 0.310 e. The Morgan fingerprint density at radius 2 is 2.16 bits per heavy atom. The first-order chi connectivity index (χ1) is 9.26. The molecule has 19 heavy (non-hydrogen) atoms. The van der Waals surface area contributed by atoms with Crippen LogP contribution in [0.15, 0.2) is 30.2 Å². The van der Waals surface area contributed by atoms with Gasteiger partial charge in [-0.25, -0.2) is 15.0 Å². The van der Waals surface area contributed by atoms with Gasteiger partial charge in [0.2, 0.25) is 0 Å². The van der Waals surface area contributed by atoms with E-state index in [-0.39, 0.29) is 6.04 Å². The summed E-state index contributed by atoms with van der Waals surface area (Å²) < 4.78 is 2.04. The summed E-state index contributed by atoms with van der Waals surface area (Å²) in [6.45, 7) is 1.99. The van der Waals surface area contributed by atoms with Gasteiger partial charge in [-0.2, -0.15) is 0 Å². The van der Waals surface area contributed by atoms with Crippen molar-refractivity contribution in [2.24, 2.45) is 0 Å². The van der Waals surface area contributed by atoms with Crippen LogP contribution in [0.4, 0.5) is 0 Å². The number of thiazole rings is 1. The lowest BCUT2D eigenvalue weighted by atomic mass is 10.1. The van der Waals surface area contributed by atoms with Gasteiger partial charge in [-0.05, 0) is 19.5 Å². The minimum absolute atomic E-state index is 0.0882. The van der Waals surface area contributed by atoms with E-state index in [0.29, 0.717) is 0 Å². The molecule has 6 heteroatoms. The van der Waals surface area contributed by atoms with E-state index in [2.05, 4.69) is 26.5 Å². The molecule has 3 rings (SSSR count). The predicted octanol–water partition coefficient (Wildman–Crippen LogP) is 2.00. The monoisotopic (exact) mass is 273 g/mol. The number of rotatable bonds is 4. The van der Waals surface area contributed by atoms with Gasteiger partial charge in [-0.3, -0.25) is 4.40 Å². The van der Waals surface area contributed by atoms with Crippen LogP contribution in [0.5, 0.6) is 0 Å². The third kappa shape index (κ3) is 2.50. The van der Waals surface area contributed by atoms with Crippen LogP contribution in [0.1, 0.15) is 23.1 Å². The summed E-state index contributed by atoms with van der Waals surface area (Å²) in [6.07, 6.45) is 8.56. The molecular formula is C13H15N5S. The minimum Gasteiger partial charge on any atom is -0.310 e. The van der Waals surface area contributed by atoms with Gasteiger partial charge in [0.1, 0.15) is 5.82 Å². The highest BCUT2D eigenvalue weighted by Gasteiger charge is 2.15. The van der Waals surface area contributed by atoms with Gasteiger partial charge in [0.15, 0.2) is 4.96 Å². The first-order valence-electron chi connectivity index (χ1n) is 6.13. The number of imidazole rings is 1. The fourth-order valence-electron chi connectivity index (χ4n) is 1.99. The molecule has 3 heterocycles. The maximum Gasteiger partial charge on any atom is 0.193 e. The molecule has 98 valence electrons. The number of likely N-dealkylation sites (N-methyl/N-ethyl adjacent to an activating group) is 1. The van der Waals surface area contributed by atoms with Crippen LogP contribution >= 0.6 is 11.3 Å². The summed E-state index contributed by atoms with van der Waals surface area (Å²) in [6, 6.07) is 0.0882. The maximum absolute atomic E-state index is 4.59. The minimum atomic E-state index is 0.0882. The molecule has 0 saturated carbocycles. The number of hydrogen-bond acceptors (Lipinski definition) is 5. The van der Waals surface area contributed by atoms with Gasteiger partial charge in [-0.15, -0.1) is 11.3 Å². The Morgan fingerprint density at radius 1 is 1.37 bits per heavy atom. The highest BCUT2D eigenvalue weighted by atomic mass is 32.1. The quantitative estimate of drug-likeness (QED) is 0.790. The van der Waals surface area contributed by atoms with E-state index in [1.807, 2.05) is 42.3 Å². The molecule has 1 unspecified atom stereocenters. The lowest BCUT2D eigenvalue weighted by molar-refractivity contribution is 0.551. The lowest BCUT2D eigenvalue weighted by Gasteiger charge is -2.13. The molecule has 0 amide bonds. The van der Waals surface area contributed by atoms with E-state index in [4.69, 9.17) is 0 Å². The third-order valence-corrected chi connectivity index (χ3v) is 3.79. The lowest BCUT2D eigenvalue weighted by Crippen LogP contribution is -2.21. The normalized spacial score (nSPS) is 12.9. The summed E-state index contributed by atoms with van der Waals surface area (Å²) in [7, 11) is 1.92. The number of aromatic nitrogens is 4. The summed E-state index contributed by atoms with van der Waals surface area (Å²) >= 11 is 1.64. The topological polar surface area (TPSA) is 55.1 Å². The van der Waals surface area contributed by atoms with E-state index in [1.54, 1.807) is 11.3 Å². The summed E-state index contributed by atoms with van der Waals surface area (Å²) in [5, 5.41) is 5.28. The van der Waals surface area contributed by atoms with E-state index in [1.165, 1.54) is 0 Å². The van der Waals surface area contributed by atoms with Gasteiger partial charge in [0, 0.05) is 36.6 Å². The highest BCUT2D eigenvalue weighted by Crippen LogP contribution is 2.17. The van der Waals surface area contributed by atoms with Crippen LogP contribution in [-0.4, -0.2) is 26.4 Å². The molecule has 0 radical (unpaired) electrons. The second-order valence-electron chi connectivity index (χ2n) is 4.49. The van der Waals surface area contributed by atoms with Crippen molar-refractivity contribution in [1.82, 2.24) is 24.7 Å². The molecule has 1 atom stereocenters. The van der Waals surface area contributed by atoms with Gasteiger partial charge in [-0.1, -0.05) is 0 Å². The molecule has 5 nitrogen and oxygen atoms in total. The second-order valence-corrected chi connectivity index (χ2v) is 5.36. The second kappa shape index (κ2) is 5.07. The SMILES string of the molecule is CNC(Cc1cn2ccsc2n1)c1ncc(C)cn1. The molecule has 0 aliphatic rings.